The van der Waals surface area contributed by atoms with E-state index in [1.54, 1.807) is 0 Å². The topological polar surface area (TPSA) is 32.3 Å². The van der Waals surface area contributed by atoms with Crippen molar-refractivity contribution in [3.05, 3.63) is 29.3 Å². The third kappa shape index (κ3) is 3.60. The Labute approximate surface area is 129 Å². The predicted octanol–water partition coefficient (Wildman–Crippen LogP) is 4.72. The first-order chi connectivity index (χ1) is 10.3. The summed E-state index contributed by atoms with van der Waals surface area (Å²) >= 11 is 0. The van der Waals surface area contributed by atoms with Gasteiger partial charge in [-0.1, -0.05) is 25.8 Å². The summed E-state index contributed by atoms with van der Waals surface area (Å²) in [6.45, 7) is 2.30. The molecule has 21 heavy (non-hydrogen) atoms. The quantitative estimate of drug-likeness (QED) is 0.840. The maximum absolute atomic E-state index is 9.78. The fourth-order valence-corrected chi connectivity index (χ4v) is 4.27. The molecule has 2 heteroatoms. The van der Waals surface area contributed by atoms with Gasteiger partial charge in [0.05, 0.1) is 0 Å². The van der Waals surface area contributed by atoms with Crippen molar-refractivity contribution in [3.8, 4) is 5.75 Å². The van der Waals surface area contributed by atoms with E-state index in [-0.39, 0.29) is 0 Å². The Balaban J connectivity index is 1.61. The SMILES string of the molecule is CCCC1CCC(NC2CCCc3ccc(O)cc32)CC1. The van der Waals surface area contributed by atoms with Crippen LogP contribution in [0.2, 0.25) is 0 Å². The number of aryl methyl sites for hydroxylation is 1. The Morgan fingerprint density at radius 3 is 2.71 bits per heavy atom. The normalized spacial score (nSPS) is 29.1. The maximum atomic E-state index is 9.78. The number of phenols is 1. The molecule has 1 aromatic carbocycles. The van der Waals surface area contributed by atoms with Crippen LogP contribution in [0.5, 0.6) is 5.75 Å². The van der Waals surface area contributed by atoms with Crippen LogP contribution in [0.25, 0.3) is 0 Å². The third-order valence-corrected chi connectivity index (χ3v) is 5.42. The molecule has 0 bridgehead atoms. The molecule has 0 saturated heterocycles. The summed E-state index contributed by atoms with van der Waals surface area (Å²) in [5.41, 5.74) is 2.77. The molecule has 1 atom stereocenters. The number of benzene rings is 1. The van der Waals surface area contributed by atoms with Crippen LogP contribution < -0.4 is 5.32 Å². The molecule has 1 saturated carbocycles. The minimum Gasteiger partial charge on any atom is -0.508 e. The van der Waals surface area contributed by atoms with Gasteiger partial charge in [-0.15, -0.1) is 0 Å². The molecule has 0 amide bonds. The smallest absolute Gasteiger partial charge is 0.115 e. The monoisotopic (exact) mass is 287 g/mol. The van der Waals surface area contributed by atoms with E-state index in [2.05, 4.69) is 18.3 Å². The average molecular weight is 287 g/mol. The molecule has 2 aliphatic rings. The zero-order valence-electron chi connectivity index (χ0n) is 13.3. The first kappa shape index (κ1) is 14.9. The first-order valence-electron chi connectivity index (χ1n) is 8.84. The molecule has 1 aromatic rings. The third-order valence-electron chi connectivity index (χ3n) is 5.42. The lowest BCUT2D eigenvalue weighted by molar-refractivity contribution is 0.256. The van der Waals surface area contributed by atoms with Gasteiger partial charge in [0.1, 0.15) is 5.75 Å². The zero-order chi connectivity index (χ0) is 14.7. The Kier molecular flexibility index (Phi) is 4.84. The summed E-state index contributed by atoms with van der Waals surface area (Å²) in [4.78, 5) is 0. The van der Waals surface area contributed by atoms with Crippen LogP contribution in [0, 0.1) is 5.92 Å². The lowest BCUT2D eigenvalue weighted by atomic mass is 9.82. The Bertz CT molecular complexity index is 463. The van der Waals surface area contributed by atoms with Crippen molar-refractivity contribution in [2.75, 3.05) is 0 Å². The molecule has 0 aromatic heterocycles. The van der Waals surface area contributed by atoms with Gasteiger partial charge in [-0.25, -0.2) is 0 Å². The number of fused-ring (bicyclic) bond motifs is 1. The van der Waals surface area contributed by atoms with Crippen LogP contribution >= 0.6 is 0 Å². The van der Waals surface area contributed by atoms with Gasteiger partial charge in [-0.2, -0.15) is 0 Å². The van der Waals surface area contributed by atoms with Gasteiger partial charge < -0.3 is 10.4 Å². The summed E-state index contributed by atoms with van der Waals surface area (Å²) in [6, 6.07) is 7.05. The zero-order valence-corrected chi connectivity index (χ0v) is 13.3. The van der Waals surface area contributed by atoms with Gasteiger partial charge in [-0.05, 0) is 74.1 Å². The summed E-state index contributed by atoms with van der Waals surface area (Å²) in [5, 5.41) is 13.7. The van der Waals surface area contributed by atoms with E-state index in [1.807, 2.05) is 12.1 Å². The highest BCUT2D eigenvalue weighted by atomic mass is 16.3. The lowest BCUT2D eigenvalue weighted by Crippen LogP contribution is -2.37. The van der Waals surface area contributed by atoms with E-state index >= 15 is 0 Å². The number of hydrogen-bond donors (Lipinski definition) is 2. The van der Waals surface area contributed by atoms with Crippen LogP contribution in [-0.2, 0) is 6.42 Å². The Morgan fingerprint density at radius 1 is 1.14 bits per heavy atom. The number of phenolic OH excluding ortho intramolecular Hbond substituents is 1. The molecule has 1 fully saturated rings. The minimum atomic E-state index is 0.411. The van der Waals surface area contributed by atoms with Crippen molar-refractivity contribution in [1.82, 2.24) is 5.32 Å². The van der Waals surface area contributed by atoms with Crippen LogP contribution in [0.1, 0.15) is 75.5 Å². The molecule has 2 N–H and O–H groups in total. The van der Waals surface area contributed by atoms with Gasteiger partial charge in [0.2, 0.25) is 0 Å². The molecule has 0 aliphatic heterocycles. The molecular formula is C19H29NO. The van der Waals surface area contributed by atoms with E-state index in [4.69, 9.17) is 0 Å². The predicted molar refractivity (Wildman–Crippen MR) is 87.6 cm³/mol. The second kappa shape index (κ2) is 6.83. The average Bonchev–Trinajstić information content (AvgIpc) is 2.50. The lowest BCUT2D eigenvalue weighted by Gasteiger charge is -2.34. The van der Waals surface area contributed by atoms with Crippen LogP contribution in [0.4, 0.5) is 0 Å². The standard InChI is InChI=1S/C19H29NO/c1-2-4-14-7-10-16(11-8-14)20-19-6-3-5-15-9-12-17(21)13-18(15)19/h9,12-14,16,19-21H,2-8,10-11H2,1H3. The van der Waals surface area contributed by atoms with Crippen molar-refractivity contribution in [3.63, 3.8) is 0 Å². The van der Waals surface area contributed by atoms with Gasteiger partial charge in [0.25, 0.3) is 0 Å². The van der Waals surface area contributed by atoms with E-state index in [9.17, 15) is 5.11 Å². The molecule has 2 aliphatic carbocycles. The minimum absolute atomic E-state index is 0.411. The number of rotatable bonds is 4. The maximum Gasteiger partial charge on any atom is 0.115 e. The fraction of sp³-hybridized carbons (Fsp3) is 0.684. The molecule has 0 spiro atoms. The molecule has 0 heterocycles. The van der Waals surface area contributed by atoms with E-state index in [0.29, 0.717) is 17.8 Å². The van der Waals surface area contributed by atoms with Crippen molar-refractivity contribution >= 4 is 0 Å². The molecule has 116 valence electrons. The number of aromatic hydroxyl groups is 1. The number of nitrogens with one attached hydrogen (secondary N) is 1. The fourth-order valence-electron chi connectivity index (χ4n) is 4.27. The van der Waals surface area contributed by atoms with Gasteiger partial charge >= 0.3 is 0 Å². The molecule has 0 radical (unpaired) electrons. The van der Waals surface area contributed by atoms with Crippen LogP contribution in [0.15, 0.2) is 18.2 Å². The Morgan fingerprint density at radius 2 is 1.95 bits per heavy atom. The second-order valence-electron chi connectivity index (χ2n) is 7.00. The van der Waals surface area contributed by atoms with E-state index in [0.717, 1.165) is 12.3 Å². The molecular weight excluding hydrogens is 258 g/mol. The first-order valence-corrected chi connectivity index (χ1v) is 8.84. The van der Waals surface area contributed by atoms with E-state index in [1.165, 1.54) is 62.5 Å². The molecule has 2 nitrogen and oxygen atoms in total. The van der Waals surface area contributed by atoms with Crippen LogP contribution in [0.3, 0.4) is 0 Å². The van der Waals surface area contributed by atoms with Gasteiger partial charge in [0, 0.05) is 12.1 Å². The summed E-state index contributed by atoms with van der Waals surface area (Å²) < 4.78 is 0. The van der Waals surface area contributed by atoms with Crippen molar-refractivity contribution in [2.24, 2.45) is 5.92 Å². The van der Waals surface area contributed by atoms with Crippen molar-refractivity contribution < 1.29 is 5.11 Å². The van der Waals surface area contributed by atoms with Gasteiger partial charge in [-0.3, -0.25) is 0 Å². The Hall–Kier alpha value is -1.02. The number of hydrogen-bond acceptors (Lipinski definition) is 2. The largest absolute Gasteiger partial charge is 0.508 e. The second-order valence-corrected chi connectivity index (χ2v) is 7.00. The highest BCUT2D eigenvalue weighted by Gasteiger charge is 2.26. The highest BCUT2D eigenvalue weighted by Crippen LogP contribution is 2.35. The molecule has 3 rings (SSSR count). The summed E-state index contributed by atoms with van der Waals surface area (Å²) in [6.07, 6.45) is 11.8. The van der Waals surface area contributed by atoms with Gasteiger partial charge in [0.15, 0.2) is 0 Å². The molecule has 1 unspecified atom stereocenters. The summed E-state index contributed by atoms with van der Waals surface area (Å²) in [5.74, 6) is 1.38. The van der Waals surface area contributed by atoms with Crippen molar-refractivity contribution in [2.45, 2.75) is 76.8 Å². The highest BCUT2D eigenvalue weighted by molar-refractivity contribution is 5.38. The summed E-state index contributed by atoms with van der Waals surface area (Å²) in [7, 11) is 0. The van der Waals surface area contributed by atoms with E-state index < -0.39 is 0 Å². The van der Waals surface area contributed by atoms with Crippen molar-refractivity contribution in [1.29, 1.82) is 0 Å². The van der Waals surface area contributed by atoms with Crippen LogP contribution in [-0.4, -0.2) is 11.1 Å².